The minimum absolute atomic E-state index is 0.236. The largest absolute Gasteiger partial charge is 0.481 e. The van der Waals surface area contributed by atoms with Crippen molar-refractivity contribution in [2.45, 2.75) is 39.0 Å². The number of nitrogens with one attached hydrogen (secondary N) is 2. The summed E-state index contributed by atoms with van der Waals surface area (Å²) in [6.07, 6.45) is 4.50. The topological polar surface area (TPSA) is 81.7 Å². The van der Waals surface area contributed by atoms with Gasteiger partial charge < -0.3 is 20.6 Å². The van der Waals surface area contributed by atoms with Gasteiger partial charge in [0.05, 0.1) is 5.41 Å². The van der Waals surface area contributed by atoms with Gasteiger partial charge in [-0.1, -0.05) is 13.3 Å². The third-order valence-electron chi connectivity index (χ3n) is 5.06. The number of hydrogen-bond acceptors (Lipinski definition) is 3. The maximum Gasteiger partial charge on any atom is 0.314 e. The van der Waals surface area contributed by atoms with Gasteiger partial charge in [-0.15, -0.1) is 0 Å². The monoisotopic (exact) mass is 297 g/mol. The quantitative estimate of drug-likeness (QED) is 0.689. The van der Waals surface area contributed by atoms with Crippen LogP contribution in [0.5, 0.6) is 0 Å². The van der Waals surface area contributed by atoms with E-state index in [0.29, 0.717) is 25.3 Å². The van der Waals surface area contributed by atoms with Crippen LogP contribution >= 0.6 is 0 Å². The number of rotatable bonds is 6. The second-order valence-corrected chi connectivity index (χ2v) is 6.38. The first-order valence-electron chi connectivity index (χ1n) is 8.03. The molecule has 0 aromatic rings. The summed E-state index contributed by atoms with van der Waals surface area (Å²) in [5, 5.41) is 14.8. The lowest BCUT2D eigenvalue weighted by Crippen LogP contribution is -2.50. The maximum atomic E-state index is 11.8. The van der Waals surface area contributed by atoms with Crippen molar-refractivity contribution in [3.05, 3.63) is 0 Å². The molecule has 1 saturated heterocycles. The van der Waals surface area contributed by atoms with Crippen LogP contribution in [-0.2, 0) is 4.79 Å². The van der Waals surface area contributed by atoms with Crippen molar-refractivity contribution >= 4 is 12.0 Å². The summed E-state index contributed by atoms with van der Waals surface area (Å²) in [4.78, 5) is 25.4. The van der Waals surface area contributed by atoms with Crippen molar-refractivity contribution in [3.63, 3.8) is 0 Å². The molecule has 3 N–H and O–H groups in total. The molecule has 2 rings (SSSR count). The zero-order valence-corrected chi connectivity index (χ0v) is 12.9. The van der Waals surface area contributed by atoms with E-state index in [0.717, 1.165) is 38.9 Å². The van der Waals surface area contributed by atoms with E-state index in [9.17, 15) is 14.7 Å². The van der Waals surface area contributed by atoms with Gasteiger partial charge in [-0.05, 0) is 51.2 Å². The molecule has 2 fully saturated rings. The van der Waals surface area contributed by atoms with Crippen LogP contribution in [0.4, 0.5) is 4.79 Å². The second kappa shape index (κ2) is 7.11. The Balaban J connectivity index is 1.63. The van der Waals surface area contributed by atoms with E-state index in [1.165, 1.54) is 0 Å². The molecule has 2 amide bonds. The summed E-state index contributed by atoms with van der Waals surface area (Å²) >= 11 is 0. The molecule has 0 bridgehead atoms. The van der Waals surface area contributed by atoms with Crippen molar-refractivity contribution in [3.8, 4) is 0 Å². The van der Waals surface area contributed by atoms with Crippen molar-refractivity contribution < 1.29 is 14.7 Å². The lowest BCUT2D eigenvalue weighted by molar-refractivity contribution is -0.153. The Labute approximate surface area is 126 Å². The first kappa shape index (κ1) is 16.1. The van der Waals surface area contributed by atoms with Crippen LogP contribution in [-0.4, -0.2) is 54.7 Å². The van der Waals surface area contributed by atoms with E-state index in [-0.39, 0.29) is 12.6 Å². The van der Waals surface area contributed by atoms with Crippen LogP contribution in [0.1, 0.15) is 39.0 Å². The number of aliphatic carboxylic acids is 1. The van der Waals surface area contributed by atoms with E-state index >= 15 is 0 Å². The predicted molar refractivity (Wildman–Crippen MR) is 80.2 cm³/mol. The fourth-order valence-electron chi connectivity index (χ4n) is 3.13. The Kier molecular flexibility index (Phi) is 5.45. The normalized spacial score (nSPS) is 22.3. The number of likely N-dealkylation sites (tertiary alicyclic amines) is 1. The Morgan fingerprint density at radius 1 is 1.24 bits per heavy atom. The molecule has 1 saturated carbocycles. The number of carbonyl (C=O) groups excluding carboxylic acids is 1. The molecule has 2 aliphatic rings. The molecule has 0 aromatic heterocycles. The van der Waals surface area contributed by atoms with Gasteiger partial charge in [0.1, 0.15) is 0 Å². The van der Waals surface area contributed by atoms with Gasteiger partial charge in [0.15, 0.2) is 0 Å². The summed E-state index contributed by atoms with van der Waals surface area (Å²) in [5.74, 6) is -0.253. The molecule has 0 radical (unpaired) electrons. The zero-order valence-electron chi connectivity index (χ0n) is 12.9. The maximum absolute atomic E-state index is 11.8. The summed E-state index contributed by atoms with van der Waals surface area (Å²) in [7, 11) is 0. The van der Waals surface area contributed by atoms with Crippen molar-refractivity contribution in [2.75, 3.05) is 32.7 Å². The second-order valence-electron chi connectivity index (χ2n) is 6.38. The molecule has 0 aromatic carbocycles. The number of piperidine rings is 1. The highest BCUT2D eigenvalue weighted by Crippen LogP contribution is 2.40. The van der Waals surface area contributed by atoms with Crippen LogP contribution in [0.25, 0.3) is 0 Å². The molecule has 0 spiro atoms. The van der Waals surface area contributed by atoms with Crippen molar-refractivity contribution in [2.24, 2.45) is 11.3 Å². The molecule has 1 heterocycles. The summed E-state index contributed by atoms with van der Waals surface area (Å²) in [6.45, 7) is 6.40. The molecule has 6 nitrogen and oxygen atoms in total. The summed E-state index contributed by atoms with van der Waals surface area (Å²) in [6, 6.07) is -0.236. The van der Waals surface area contributed by atoms with Gasteiger partial charge in [-0.3, -0.25) is 4.79 Å². The molecule has 6 heteroatoms. The highest BCUT2D eigenvalue weighted by Gasteiger charge is 2.44. The van der Waals surface area contributed by atoms with Crippen LogP contribution in [0.3, 0.4) is 0 Å². The third kappa shape index (κ3) is 4.09. The number of amides is 2. The Morgan fingerprint density at radius 3 is 2.38 bits per heavy atom. The summed E-state index contributed by atoms with van der Waals surface area (Å²) in [5.41, 5.74) is -0.718. The standard InChI is InChI=1S/C15H27N3O3/c1-2-18-8-4-12(5-9-18)10-16-14(21)17-11-15(13(19)20)6-3-7-15/h12H,2-11H2,1H3,(H,19,20)(H2,16,17,21). The minimum Gasteiger partial charge on any atom is -0.481 e. The number of carboxylic acid groups (broad SMARTS) is 1. The van der Waals surface area contributed by atoms with Gasteiger partial charge in [-0.2, -0.15) is 0 Å². The van der Waals surface area contributed by atoms with Gasteiger partial charge in [0.25, 0.3) is 0 Å². The molecule has 1 aliphatic heterocycles. The fraction of sp³-hybridized carbons (Fsp3) is 0.867. The van der Waals surface area contributed by atoms with Gasteiger partial charge in [0.2, 0.25) is 0 Å². The van der Waals surface area contributed by atoms with E-state index in [2.05, 4.69) is 22.5 Å². The van der Waals surface area contributed by atoms with E-state index in [1.54, 1.807) is 0 Å². The highest BCUT2D eigenvalue weighted by molar-refractivity contribution is 5.78. The lowest BCUT2D eigenvalue weighted by atomic mass is 9.69. The Bertz CT molecular complexity index is 374. The van der Waals surface area contributed by atoms with E-state index in [1.807, 2.05) is 0 Å². The number of carbonyl (C=O) groups is 2. The lowest BCUT2D eigenvalue weighted by Gasteiger charge is -2.37. The first-order valence-corrected chi connectivity index (χ1v) is 8.03. The number of nitrogens with zero attached hydrogens (tertiary/aromatic N) is 1. The van der Waals surface area contributed by atoms with Crippen LogP contribution < -0.4 is 10.6 Å². The van der Waals surface area contributed by atoms with Gasteiger partial charge >= 0.3 is 12.0 Å². The van der Waals surface area contributed by atoms with Crippen molar-refractivity contribution in [1.82, 2.24) is 15.5 Å². The van der Waals surface area contributed by atoms with Gasteiger partial charge in [-0.25, -0.2) is 4.79 Å². The number of urea groups is 1. The molecule has 0 atom stereocenters. The van der Waals surface area contributed by atoms with E-state index in [4.69, 9.17) is 0 Å². The van der Waals surface area contributed by atoms with Crippen LogP contribution in [0.2, 0.25) is 0 Å². The number of hydrogen-bond donors (Lipinski definition) is 3. The number of carboxylic acids is 1. The highest BCUT2D eigenvalue weighted by atomic mass is 16.4. The molecular weight excluding hydrogens is 270 g/mol. The molecule has 120 valence electrons. The predicted octanol–water partition coefficient (Wildman–Crippen LogP) is 1.27. The third-order valence-corrected chi connectivity index (χ3v) is 5.06. The molecular formula is C15H27N3O3. The van der Waals surface area contributed by atoms with Crippen LogP contribution in [0, 0.1) is 11.3 Å². The van der Waals surface area contributed by atoms with Gasteiger partial charge in [0, 0.05) is 13.1 Å². The average Bonchev–Trinajstić information content (AvgIpc) is 2.44. The minimum atomic E-state index is -0.791. The molecule has 1 aliphatic carbocycles. The Morgan fingerprint density at radius 2 is 1.90 bits per heavy atom. The van der Waals surface area contributed by atoms with Crippen LogP contribution in [0.15, 0.2) is 0 Å². The van der Waals surface area contributed by atoms with E-state index < -0.39 is 11.4 Å². The first-order chi connectivity index (χ1) is 10.1. The molecule has 21 heavy (non-hydrogen) atoms. The smallest absolute Gasteiger partial charge is 0.314 e. The molecule has 0 unspecified atom stereocenters. The Hall–Kier alpha value is -1.30. The fourth-order valence-corrected chi connectivity index (χ4v) is 3.13. The average molecular weight is 297 g/mol. The van der Waals surface area contributed by atoms with Crippen molar-refractivity contribution in [1.29, 1.82) is 0 Å². The SMILES string of the molecule is CCN1CCC(CNC(=O)NCC2(C(=O)O)CCC2)CC1. The zero-order chi connectivity index (χ0) is 15.3. The summed E-state index contributed by atoms with van der Waals surface area (Å²) < 4.78 is 0.